The second-order valence-electron chi connectivity index (χ2n) is 7.90. The molecule has 0 aliphatic carbocycles. The summed E-state index contributed by atoms with van der Waals surface area (Å²) in [4.78, 5) is 42.5. The number of rotatable bonds is 5. The summed E-state index contributed by atoms with van der Waals surface area (Å²) in [6, 6.07) is 18.3. The molecule has 172 valence electrons. The second kappa shape index (κ2) is 9.23. The maximum absolute atomic E-state index is 13.5. The number of hydrogen-bond acceptors (Lipinski definition) is 5. The topological polar surface area (TPSA) is 76.2 Å². The van der Waals surface area contributed by atoms with E-state index in [1.54, 1.807) is 66.7 Å². The van der Waals surface area contributed by atoms with Gasteiger partial charge in [-0.3, -0.25) is 9.59 Å². The lowest BCUT2D eigenvalue weighted by Crippen LogP contribution is -2.57. The third kappa shape index (κ3) is 4.15. The molecule has 4 amide bonds. The molecule has 0 aromatic heterocycles. The summed E-state index contributed by atoms with van der Waals surface area (Å²) in [6.07, 6.45) is 1.44. The number of amides is 4. The largest absolute Gasteiger partial charge is 0.497 e. The fourth-order valence-corrected chi connectivity index (χ4v) is 3.67. The van der Waals surface area contributed by atoms with E-state index in [0.717, 1.165) is 20.9 Å². The average molecular weight is 456 g/mol. The number of nitrogens with zero attached hydrogens (tertiary/aromatic N) is 2. The van der Waals surface area contributed by atoms with Crippen LogP contribution in [0, 0.1) is 13.8 Å². The minimum atomic E-state index is -0.735. The number of anilines is 2. The molecule has 0 saturated carbocycles. The van der Waals surface area contributed by atoms with Crippen LogP contribution in [0.3, 0.4) is 0 Å². The molecule has 0 bridgehead atoms. The number of methoxy groups -OCH3 is 2. The second-order valence-corrected chi connectivity index (χ2v) is 7.90. The van der Waals surface area contributed by atoms with Gasteiger partial charge in [0.2, 0.25) is 0 Å². The van der Waals surface area contributed by atoms with Crippen molar-refractivity contribution in [2.45, 2.75) is 13.8 Å². The monoisotopic (exact) mass is 456 g/mol. The summed E-state index contributed by atoms with van der Waals surface area (Å²) in [7, 11) is 3.02. The number of barbiturate groups is 1. The summed E-state index contributed by atoms with van der Waals surface area (Å²) < 4.78 is 10.7. The maximum atomic E-state index is 13.5. The Kier molecular flexibility index (Phi) is 6.19. The van der Waals surface area contributed by atoms with Crippen molar-refractivity contribution >= 4 is 35.3 Å². The SMILES string of the molecule is COc1ccc(C=C2C(=O)N(c3ccc(C)cc3)C(=O)N(c3ccc(C)cc3)C2=O)c(OC)c1. The molecule has 7 heteroatoms. The molecular formula is C27H24N2O5. The number of aryl methyl sites for hydroxylation is 2. The van der Waals surface area contributed by atoms with Gasteiger partial charge >= 0.3 is 6.03 Å². The van der Waals surface area contributed by atoms with Crippen LogP contribution in [-0.4, -0.2) is 32.1 Å². The van der Waals surface area contributed by atoms with Gasteiger partial charge in [-0.15, -0.1) is 0 Å². The standard InChI is InChI=1S/C27H24N2O5/c1-17-5-10-20(11-6-17)28-25(30)23(15-19-9-14-22(33-3)16-24(19)34-4)26(31)29(27(28)32)21-12-7-18(2)8-13-21/h5-16H,1-4H3. The summed E-state index contributed by atoms with van der Waals surface area (Å²) in [6.45, 7) is 3.82. The van der Waals surface area contributed by atoms with Crippen molar-refractivity contribution in [2.24, 2.45) is 0 Å². The van der Waals surface area contributed by atoms with Gasteiger partial charge in [-0.05, 0) is 56.3 Å². The fourth-order valence-electron chi connectivity index (χ4n) is 3.67. The normalized spacial score (nSPS) is 13.9. The van der Waals surface area contributed by atoms with Gasteiger partial charge in [0.1, 0.15) is 17.1 Å². The smallest absolute Gasteiger partial charge is 0.343 e. The maximum Gasteiger partial charge on any atom is 0.343 e. The van der Waals surface area contributed by atoms with E-state index < -0.39 is 17.8 Å². The lowest BCUT2D eigenvalue weighted by Gasteiger charge is -2.34. The number of benzene rings is 3. The minimum Gasteiger partial charge on any atom is -0.497 e. The fraction of sp³-hybridized carbons (Fsp3) is 0.148. The van der Waals surface area contributed by atoms with Crippen LogP contribution < -0.4 is 19.3 Å². The van der Waals surface area contributed by atoms with E-state index in [4.69, 9.17) is 9.47 Å². The number of ether oxygens (including phenoxy) is 2. The Labute approximate surface area is 197 Å². The van der Waals surface area contributed by atoms with Gasteiger partial charge in [0.15, 0.2) is 0 Å². The number of hydrogen-bond donors (Lipinski definition) is 0. The summed E-state index contributed by atoms with van der Waals surface area (Å²) in [5, 5.41) is 0. The Morgan fingerprint density at radius 2 is 1.18 bits per heavy atom. The van der Waals surface area contributed by atoms with Gasteiger partial charge in [0, 0.05) is 11.6 Å². The summed E-state index contributed by atoms with van der Waals surface area (Å²) in [5.74, 6) is -0.425. The van der Waals surface area contributed by atoms with Gasteiger partial charge in [-0.2, -0.15) is 0 Å². The third-order valence-electron chi connectivity index (χ3n) is 5.57. The van der Waals surface area contributed by atoms with Crippen molar-refractivity contribution in [2.75, 3.05) is 24.0 Å². The van der Waals surface area contributed by atoms with E-state index in [9.17, 15) is 14.4 Å². The lowest BCUT2D eigenvalue weighted by atomic mass is 10.0. The quantitative estimate of drug-likeness (QED) is 0.403. The van der Waals surface area contributed by atoms with Crippen LogP contribution in [0.25, 0.3) is 6.08 Å². The van der Waals surface area contributed by atoms with Gasteiger partial charge in [0.25, 0.3) is 11.8 Å². The van der Waals surface area contributed by atoms with Crippen molar-refractivity contribution < 1.29 is 23.9 Å². The Morgan fingerprint density at radius 1 is 0.676 bits per heavy atom. The zero-order chi connectivity index (χ0) is 24.4. The molecule has 1 heterocycles. The first kappa shape index (κ1) is 22.8. The minimum absolute atomic E-state index is 0.163. The van der Waals surface area contributed by atoms with Gasteiger partial charge in [0.05, 0.1) is 25.6 Å². The zero-order valence-electron chi connectivity index (χ0n) is 19.4. The molecule has 0 N–H and O–H groups in total. The molecule has 0 spiro atoms. The van der Waals surface area contributed by atoms with Crippen molar-refractivity contribution in [1.29, 1.82) is 0 Å². The van der Waals surface area contributed by atoms with Crippen LogP contribution in [0.15, 0.2) is 72.3 Å². The predicted molar refractivity (Wildman–Crippen MR) is 130 cm³/mol. The van der Waals surface area contributed by atoms with E-state index in [2.05, 4.69) is 0 Å². The molecular weight excluding hydrogens is 432 g/mol. The summed E-state index contributed by atoms with van der Waals surface area (Å²) >= 11 is 0. The molecule has 4 rings (SSSR count). The number of carbonyl (C=O) groups is 3. The van der Waals surface area contributed by atoms with Crippen LogP contribution >= 0.6 is 0 Å². The molecule has 1 fully saturated rings. The van der Waals surface area contributed by atoms with Crippen molar-refractivity contribution in [3.05, 3.63) is 89.0 Å². The Bertz CT molecular complexity index is 1220. The highest BCUT2D eigenvalue weighted by Crippen LogP contribution is 2.32. The van der Waals surface area contributed by atoms with Crippen molar-refractivity contribution in [1.82, 2.24) is 0 Å². The highest BCUT2D eigenvalue weighted by molar-refractivity contribution is 6.46. The van der Waals surface area contributed by atoms with Crippen LogP contribution in [0.2, 0.25) is 0 Å². The molecule has 1 aliphatic heterocycles. The first-order chi connectivity index (χ1) is 16.3. The highest BCUT2D eigenvalue weighted by Gasteiger charge is 2.43. The number of carbonyl (C=O) groups excluding carboxylic acids is 3. The molecule has 0 unspecified atom stereocenters. The van der Waals surface area contributed by atoms with Crippen LogP contribution in [-0.2, 0) is 9.59 Å². The van der Waals surface area contributed by atoms with Crippen LogP contribution in [0.5, 0.6) is 11.5 Å². The molecule has 3 aromatic carbocycles. The van der Waals surface area contributed by atoms with Crippen LogP contribution in [0.1, 0.15) is 16.7 Å². The first-order valence-corrected chi connectivity index (χ1v) is 10.6. The molecule has 7 nitrogen and oxygen atoms in total. The van der Waals surface area contributed by atoms with E-state index >= 15 is 0 Å². The Hall–Kier alpha value is -4.39. The van der Waals surface area contributed by atoms with Gasteiger partial charge < -0.3 is 9.47 Å². The highest BCUT2D eigenvalue weighted by atomic mass is 16.5. The Balaban J connectivity index is 1.88. The first-order valence-electron chi connectivity index (χ1n) is 10.6. The molecule has 0 atom stereocenters. The zero-order valence-corrected chi connectivity index (χ0v) is 19.4. The predicted octanol–water partition coefficient (Wildman–Crippen LogP) is 4.90. The molecule has 1 aliphatic rings. The Morgan fingerprint density at radius 3 is 1.62 bits per heavy atom. The van der Waals surface area contributed by atoms with Crippen molar-refractivity contribution in [3.63, 3.8) is 0 Å². The lowest BCUT2D eigenvalue weighted by molar-refractivity contribution is -0.121. The van der Waals surface area contributed by atoms with Crippen molar-refractivity contribution in [3.8, 4) is 11.5 Å². The summed E-state index contributed by atoms with van der Waals surface area (Å²) in [5.41, 5.74) is 3.04. The van der Waals surface area contributed by atoms with E-state index in [-0.39, 0.29) is 5.57 Å². The molecule has 34 heavy (non-hydrogen) atoms. The third-order valence-corrected chi connectivity index (χ3v) is 5.57. The molecule has 1 saturated heterocycles. The van der Waals surface area contributed by atoms with Crippen LogP contribution in [0.4, 0.5) is 16.2 Å². The van der Waals surface area contributed by atoms with E-state index in [1.165, 1.54) is 20.3 Å². The average Bonchev–Trinajstić information content (AvgIpc) is 2.84. The number of imide groups is 2. The molecule has 0 radical (unpaired) electrons. The van der Waals surface area contributed by atoms with Gasteiger partial charge in [-0.25, -0.2) is 14.6 Å². The van der Waals surface area contributed by atoms with Gasteiger partial charge in [-0.1, -0.05) is 35.4 Å². The van der Waals surface area contributed by atoms with E-state index in [0.29, 0.717) is 28.4 Å². The molecule has 3 aromatic rings. The van der Waals surface area contributed by atoms with E-state index in [1.807, 2.05) is 13.8 Å². The number of urea groups is 1.